The first kappa shape index (κ1) is 7.94. The van der Waals surface area contributed by atoms with Gasteiger partial charge in [-0.3, -0.25) is 0 Å². The SMILES string of the molecule is CN1C[C@@H](O)C(N)[C@@H](O)C1. The highest BCUT2D eigenvalue weighted by Gasteiger charge is 2.29. The van der Waals surface area contributed by atoms with E-state index in [2.05, 4.69) is 0 Å². The molecule has 1 aliphatic rings. The first-order valence-electron chi connectivity index (χ1n) is 3.41. The Morgan fingerprint density at radius 3 is 2.10 bits per heavy atom. The molecule has 4 heteroatoms. The molecule has 4 nitrogen and oxygen atoms in total. The van der Waals surface area contributed by atoms with Crippen molar-refractivity contribution in [1.29, 1.82) is 0 Å². The van der Waals surface area contributed by atoms with Crippen LogP contribution in [0.1, 0.15) is 0 Å². The highest BCUT2D eigenvalue weighted by Crippen LogP contribution is 2.07. The Bertz CT molecular complexity index is 108. The van der Waals surface area contributed by atoms with E-state index in [1.807, 2.05) is 11.9 Å². The third-order valence-electron chi connectivity index (χ3n) is 1.89. The zero-order chi connectivity index (χ0) is 7.72. The molecule has 3 atom stereocenters. The lowest BCUT2D eigenvalue weighted by atomic mass is 10.0. The average Bonchev–Trinajstić information content (AvgIpc) is 1.82. The maximum Gasteiger partial charge on any atom is 0.0843 e. The summed E-state index contributed by atoms with van der Waals surface area (Å²) < 4.78 is 0. The number of aliphatic hydroxyl groups excluding tert-OH is 2. The minimum Gasteiger partial charge on any atom is -0.390 e. The first-order valence-corrected chi connectivity index (χ1v) is 3.41. The van der Waals surface area contributed by atoms with Crippen LogP contribution in [0.15, 0.2) is 0 Å². The number of aliphatic hydroxyl groups is 2. The fraction of sp³-hybridized carbons (Fsp3) is 1.00. The number of β-amino-alcohol motifs (C(OH)–C–C–N with tert-alkyl or cyclic N) is 2. The van der Waals surface area contributed by atoms with Crippen LogP contribution < -0.4 is 5.73 Å². The van der Waals surface area contributed by atoms with E-state index in [-0.39, 0.29) is 0 Å². The maximum absolute atomic E-state index is 9.19. The predicted molar refractivity (Wildman–Crippen MR) is 37.5 cm³/mol. The van der Waals surface area contributed by atoms with Crippen LogP contribution in [0.25, 0.3) is 0 Å². The number of hydrogen-bond acceptors (Lipinski definition) is 4. The summed E-state index contributed by atoms with van der Waals surface area (Å²) in [4.78, 5) is 1.86. The van der Waals surface area contributed by atoms with Crippen molar-refractivity contribution in [2.45, 2.75) is 18.2 Å². The molecule has 1 aliphatic heterocycles. The van der Waals surface area contributed by atoms with Gasteiger partial charge in [-0.1, -0.05) is 0 Å². The van der Waals surface area contributed by atoms with Crippen molar-refractivity contribution < 1.29 is 10.2 Å². The van der Waals surface area contributed by atoms with E-state index in [1.165, 1.54) is 0 Å². The monoisotopic (exact) mass is 146 g/mol. The van der Waals surface area contributed by atoms with Gasteiger partial charge in [0.2, 0.25) is 0 Å². The molecule has 0 saturated carbocycles. The summed E-state index contributed by atoms with van der Waals surface area (Å²) in [6, 6.07) is -0.476. The molecule has 10 heavy (non-hydrogen) atoms. The van der Waals surface area contributed by atoms with Gasteiger partial charge in [-0.25, -0.2) is 0 Å². The number of nitrogens with zero attached hydrogens (tertiary/aromatic N) is 1. The average molecular weight is 146 g/mol. The zero-order valence-corrected chi connectivity index (χ0v) is 6.07. The minimum absolute atomic E-state index is 0.476. The van der Waals surface area contributed by atoms with Gasteiger partial charge in [-0.2, -0.15) is 0 Å². The summed E-state index contributed by atoms with van der Waals surface area (Å²) >= 11 is 0. The number of likely N-dealkylation sites (tertiary alicyclic amines) is 1. The molecule has 0 bridgehead atoms. The zero-order valence-electron chi connectivity index (χ0n) is 6.07. The molecule has 1 saturated heterocycles. The van der Waals surface area contributed by atoms with E-state index in [0.717, 1.165) is 0 Å². The van der Waals surface area contributed by atoms with Crippen molar-refractivity contribution in [2.75, 3.05) is 20.1 Å². The first-order chi connectivity index (χ1) is 4.61. The molecule has 0 aromatic rings. The number of hydrogen-bond donors (Lipinski definition) is 3. The molecule has 0 aliphatic carbocycles. The molecule has 0 aromatic carbocycles. The molecule has 0 aromatic heterocycles. The van der Waals surface area contributed by atoms with Gasteiger partial charge in [0.15, 0.2) is 0 Å². The molecule has 1 unspecified atom stereocenters. The topological polar surface area (TPSA) is 69.7 Å². The smallest absolute Gasteiger partial charge is 0.0843 e. The molecule has 4 N–H and O–H groups in total. The molecular formula is C6H14N2O2. The lowest BCUT2D eigenvalue weighted by Gasteiger charge is -2.35. The molecular weight excluding hydrogens is 132 g/mol. The van der Waals surface area contributed by atoms with E-state index in [0.29, 0.717) is 13.1 Å². The summed E-state index contributed by atoms with van der Waals surface area (Å²) in [6.45, 7) is 1.11. The van der Waals surface area contributed by atoms with Crippen LogP contribution in [0.3, 0.4) is 0 Å². The predicted octanol–water partition coefficient (Wildman–Crippen LogP) is -2.02. The molecule has 60 valence electrons. The molecule has 0 radical (unpaired) electrons. The van der Waals surface area contributed by atoms with Crippen molar-refractivity contribution in [3.63, 3.8) is 0 Å². The van der Waals surface area contributed by atoms with Crippen LogP contribution in [0.2, 0.25) is 0 Å². The lowest BCUT2D eigenvalue weighted by molar-refractivity contribution is -0.0172. The Labute approximate surface area is 60.2 Å². The second-order valence-corrected chi connectivity index (χ2v) is 2.93. The van der Waals surface area contributed by atoms with Crippen LogP contribution in [-0.2, 0) is 0 Å². The van der Waals surface area contributed by atoms with Crippen molar-refractivity contribution in [1.82, 2.24) is 4.90 Å². The van der Waals surface area contributed by atoms with E-state index in [4.69, 9.17) is 5.73 Å². The normalized spacial score (nSPS) is 43.8. The maximum atomic E-state index is 9.19. The van der Waals surface area contributed by atoms with Crippen molar-refractivity contribution in [3.05, 3.63) is 0 Å². The van der Waals surface area contributed by atoms with E-state index in [1.54, 1.807) is 0 Å². The Balaban J connectivity index is 2.49. The number of likely N-dealkylation sites (N-methyl/N-ethyl adjacent to an activating group) is 1. The van der Waals surface area contributed by atoms with E-state index in [9.17, 15) is 10.2 Å². The third kappa shape index (κ3) is 1.46. The summed E-state index contributed by atoms with van der Waals surface area (Å²) in [7, 11) is 1.85. The van der Waals surface area contributed by atoms with Gasteiger partial charge in [-0.05, 0) is 7.05 Å². The molecule has 0 spiro atoms. The summed E-state index contributed by atoms with van der Waals surface area (Å²) in [5.74, 6) is 0. The Morgan fingerprint density at radius 2 is 1.70 bits per heavy atom. The van der Waals surface area contributed by atoms with Gasteiger partial charge in [0.25, 0.3) is 0 Å². The van der Waals surface area contributed by atoms with Gasteiger partial charge < -0.3 is 20.8 Å². The standard InChI is InChI=1S/C6H14N2O2/c1-8-2-4(9)6(7)5(10)3-8/h4-6,9-10H,2-3,7H2,1H3/t4-,5+,6?. The van der Waals surface area contributed by atoms with Crippen molar-refractivity contribution in [3.8, 4) is 0 Å². The quantitative estimate of drug-likeness (QED) is 0.369. The highest BCUT2D eigenvalue weighted by atomic mass is 16.3. The van der Waals surface area contributed by atoms with Gasteiger partial charge >= 0.3 is 0 Å². The Hall–Kier alpha value is -0.160. The molecule has 1 heterocycles. The van der Waals surface area contributed by atoms with Gasteiger partial charge in [-0.15, -0.1) is 0 Å². The highest BCUT2D eigenvalue weighted by molar-refractivity contribution is 4.87. The minimum atomic E-state index is -0.589. The van der Waals surface area contributed by atoms with Gasteiger partial charge in [0.1, 0.15) is 0 Å². The second-order valence-electron chi connectivity index (χ2n) is 2.93. The Kier molecular flexibility index (Phi) is 2.25. The summed E-state index contributed by atoms with van der Waals surface area (Å²) in [6.07, 6.45) is -1.18. The van der Waals surface area contributed by atoms with Gasteiger partial charge in [0.05, 0.1) is 18.2 Å². The fourth-order valence-corrected chi connectivity index (χ4v) is 1.21. The lowest BCUT2D eigenvalue weighted by Crippen LogP contribution is -2.58. The third-order valence-corrected chi connectivity index (χ3v) is 1.89. The molecule has 0 amide bonds. The Morgan fingerprint density at radius 1 is 1.30 bits per heavy atom. The van der Waals surface area contributed by atoms with E-state index >= 15 is 0 Å². The molecule has 1 rings (SSSR count). The van der Waals surface area contributed by atoms with Crippen LogP contribution in [0.5, 0.6) is 0 Å². The number of rotatable bonds is 0. The molecule has 1 fully saturated rings. The number of piperidine rings is 1. The summed E-state index contributed by atoms with van der Waals surface area (Å²) in [5.41, 5.74) is 5.46. The van der Waals surface area contributed by atoms with Crippen LogP contribution in [0.4, 0.5) is 0 Å². The second kappa shape index (κ2) is 2.84. The van der Waals surface area contributed by atoms with Crippen LogP contribution in [0, 0.1) is 0 Å². The fourth-order valence-electron chi connectivity index (χ4n) is 1.21. The largest absolute Gasteiger partial charge is 0.390 e. The summed E-state index contributed by atoms with van der Waals surface area (Å²) in [5, 5.41) is 18.4. The number of nitrogens with two attached hydrogens (primary N) is 1. The van der Waals surface area contributed by atoms with Crippen molar-refractivity contribution >= 4 is 0 Å². The van der Waals surface area contributed by atoms with Crippen LogP contribution >= 0.6 is 0 Å². The van der Waals surface area contributed by atoms with Crippen molar-refractivity contribution in [2.24, 2.45) is 5.73 Å². The van der Waals surface area contributed by atoms with E-state index < -0.39 is 18.2 Å². The van der Waals surface area contributed by atoms with Crippen LogP contribution in [-0.4, -0.2) is 53.5 Å². The van der Waals surface area contributed by atoms with Gasteiger partial charge in [0, 0.05) is 13.1 Å².